The maximum atomic E-state index is 12.0. The first-order valence-corrected chi connectivity index (χ1v) is 4.15. The fourth-order valence-corrected chi connectivity index (χ4v) is 1.15. The molecule has 0 bridgehead atoms. The number of nitrogens with zero attached hydrogens (tertiary/aromatic N) is 1. The Balaban J connectivity index is 3.86. The van der Waals surface area contributed by atoms with Crippen LogP contribution in [0.1, 0.15) is 19.8 Å². The summed E-state index contributed by atoms with van der Waals surface area (Å²) in [6, 6.07) is 0. The largest absolute Gasteiger partial charge is 0.438 e. The molecule has 12 heavy (non-hydrogen) atoms. The summed E-state index contributed by atoms with van der Waals surface area (Å²) >= 11 is 0. The molecule has 0 amide bonds. The Kier molecular flexibility index (Phi) is 4.03. The highest BCUT2D eigenvalue weighted by molar-refractivity contribution is 4.47. The molecule has 74 valence electrons. The van der Waals surface area contributed by atoms with Gasteiger partial charge in [-0.05, 0) is 6.42 Å². The average molecular weight is 184 g/mol. The molecular formula is C8H17F3N+. The van der Waals surface area contributed by atoms with Gasteiger partial charge in [0, 0.05) is 0 Å². The van der Waals surface area contributed by atoms with Gasteiger partial charge in [-0.2, -0.15) is 13.2 Å². The molecule has 0 unspecified atom stereocenters. The first-order chi connectivity index (χ1) is 5.27. The number of alkyl halides is 3. The van der Waals surface area contributed by atoms with Crippen molar-refractivity contribution in [2.45, 2.75) is 25.9 Å². The minimum Gasteiger partial charge on any atom is -0.321 e. The highest BCUT2D eigenvalue weighted by Crippen LogP contribution is 2.19. The van der Waals surface area contributed by atoms with E-state index in [-0.39, 0.29) is 4.48 Å². The lowest BCUT2D eigenvalue weighted by Crippen LogP contribution is -2.47. The van der Waals surface area contributed by atoms with Gasteiger partial charge in [0.05, 0.1) is 20.6 Å². The SMILES string of the molecule is CCCC[N+](C)(C)CC(F)(F)F. The van der Waals surface area contributed by atoms with E-state index in [1.54, 1.807) is 14.1 Å². The number of rotatable bonds is 4. The van der Waals surface area contributed by atoms with Crippen molar-refractivity contribution in [1.82, 2.24) is 0 Å². The zero-order valence-electron chi connectivity index (χ0n) is 7.91. The van der Waals surface area contributed by atoms with Crippen molar-refractivity contribution < 1.29 is 17.7 Å². The number of quaternary nitrogens is 1. The summed E-state index contributed by atoms with van der Waals surface area (Å²) < 4.78 is 35.9. The minimum absolute atomic E-state index is 0.0390. The van der Waals surface area contributed by atoms with E-state index in [0.29, 0.717) is 6.54 Å². The monoisotopic (exact) mass is 184 g/mol. The Morgan fingerprint density at radius 1 is 1.17 bits per heavy atom. The lowest BCUT2D eigenvalue weighted by molar-refractivity contribution is -0.900. The summed E-state index contributed by atoms with van der Waals surface area (Å²) in [5.41, 5.74) is 0. The van der Waals surface area contributed by atoms with E-state index < -0.39 is 12.7 Å². The summed E-state index contributed by atoms with van der Waals surface area (Å²) in [5.74, 6) is 0. The van der Waals surface area contributed by atoms with Crippen LogP contribution in [0.4, 0.5) is 13.2 Å². The number of halogens is 3. The molecule has 0 N–H and O–H groups in total. The van der Waals surface area contributed by atoms with Gasteiger partial charge >= 0.3 is 6.18 Å². The van der Waals surface area contributed by atoms with Crippen LogP contribution in [0.25, 0.3) is 0 Å². The number of hydrogen-bond acceptors (Lipinski definition) is 0. The lowest BCUT2D eigenvalue weighted by Gasteiger charge is -2.30. The topological polar surface area (TPSA) is 0 Å². The molecule has 0 fully saturated rings. The molecule has 0 spiro atoms. The molecule has 0 saturated carbocycles. The molecule has 0 aliphatic carbocycles. The molecule has 0 rings (SSSR count). The molecule has 0 heterocycles. The normalized spacial score (nSPS) is 13.5. The van der Waals surface area contributed by atoms with Gasteiger partial charge in [-0.25, -0.2) is 0 Å². The molecule has 0 aromatic rings. The van der Waals surface area contributed by atoms with Crippen LogP contribution in [-0.4, -0.2) is 37.8 Å². The predicted octanol–water partition coefficient (Wildman–Crippen LogP) is 2.43. The second-order valence-corrected chi connectivity index (χ2v) is 3.79. The van der Waals surface area contributed by atoms with Crippen molar-refractivity contribution in [2.75, 3.05) is 27.2 Å². The van der Waals surface area contributed by atoms with Gasteiger partial charge in [-0.1, -0.05) is 13.3 Å². The van der Waals surface area contributed by atoms with Gasteiger partial charge in [0.25, 0.3) is 0 Å². The van der Waals surface area contributed by atoms with E-state index in [1.165, 1.54) is 0 Å². The van der Waals surface area contributed by atoms with Crippen LogP contribution in [-0.2, 0) is 0 Å². The molecule has 0 aliphatic rings. The predicted molar refractivity (Wildman–Crippen MR) is 42.8 cm³/mol. The second kappa shape index (κ2) is 4.12. The standard InChI is InChI=1S/C8H17F3N/c1-4-5-6-12(2,3)7-8(9,10)11/h4-7H2,1-3H3/q+1. The number of unbranched alkanes of at least 4 members (excludes halogenated alkanes) is 1. The van der Waals surface area contributed by atoms with Crippen molar-refractivity contribution in [1.29, 1.82) is 0 Å². The minimum atomic E-state index is -4.04. The molecule has 0 radical (unpaired) electrons. The van der Waals surface area contributed by atoms with E-state index in [1.807, 2.05) is 6.92 Å². The molecule has 1 nitrogen and oxygen atoms in total. The quantitative estimate of drug-likeness (QED) is 0.589. The Bertz CT molecular complexity index is 129. The highest BCUT2D eigenvalue weighted by Gasteiger charge is 2.36. The van der Waals surface area contributed by atoms with Crippen molar-refractivity contribution in [3.63, 3.8) is 0 Å². The van der Waals surface area contributed by atoms with E-state index in [4.69, 9.17) is 0 Å². The third-order valence-electron chi connectivity index (χ3n) is 1.72. The average Bonchev–Trinajstić information content (AvgIpc) is 1.78. The molecule has 4 heteroatoms. The second-order valence-electron chi connectivity index (χ2n) is 3.79. The Hall–Kier alpha value is -0.250. The van der Waals surface area contributed by atoms with Crippen molar-refractivity contribution in [3.05, 3.63) is 0 Å². The zero-order valence-corrected chi connectivity index (χ0v) is 7.91. The van der Waals surface area contributed by atoms with E-state index in [9.17, 15) is 13.2 Å². The maximum absolute atomic E-state index is 12.0. The van der Waals surface area contributed by atoms with Crippen LogP contribution >= 0.6 is 0 Å². The van der Waals surface area contributed by atoms with Gasteiger partial charge in [-0.15, -0.1) is 0 Å². The number of hydrogen-bond donors (Lipinski definition) is 0. The first kappa shape index (κ1) is 11.8. The van der Waals surface area contributed by atoms with Gasteiger partial charge < -0.3 is 4.48 Å². The van der Waals surface area contributed by atoms with Gasteiger partial charge in [0.1, 0.15) is 0 Å². The van der Waals surface area contributed by atoms with Gasteiger partial charge in [0.15, 0.2) is 6.54 Å². The summed E-state index contributed by atoms with van der Waals surface area (Å²) in [6.45, 7) is 1.84. The third-order valence-corrected chi connectivity index (χ3v) is 1.72. The van der Waals surface area contributed by atoms with Crippen LogP contribution < -0.4 is 0 Å². The first-order valence-electron chi connectivity index (χ1n) is 4.15. The van der Waals surface area contributed by atoms with E-state index in [2.05, 4.69) is 0 Å². The molecule has 0 saturated heterocycles. The molecule has 0 atom stereocenters. The Morgan fingerprint density at radius 2 is 1.67 bits per heavy atom. The molecule has 0 aromatic heterocycles. The lowest BCUT2D eigenvalue weighted by atomic mass is 10.3. The van der Waals surface area contributed by atoms with Crippen LogP contribution in [0, 0.1) is 0 Å². The van der Waals surface area contributed by atoms with E-state index in [0.717, 1.165) is 12.8 Å². The van der Waals surface area contributed by atoms with E-state index >= 15 is 0 Å². The fourth-order valence-electron chi connectivity index (χ4n) is 1.15. The third kappa shape index (κ3) is 6.46. The van der Waals surface area contributed by atoms with Crippen molar-refractivity contribution >= 4 is 0 Å². The molecule has 0 aromatic carbocycles. The summed E-state index contributed by atoms with van der Waals surface area (Å²) in [6.07, 6.45) is -2.25. The summed E-state index contributed by atoms with van der Waals surface area (Å²) in [5, 5.41) is 0. The Morgan fingerprint density at radius 3 is 2.00 bits per heavy atom. The van der Waals surface area contributed by atoms with Gasteiger partial charge in [-0.3, -0.25) is 0 Å². The van der Waals surface area contributed by atoms with Crippen molar-refractivity contribution in [3.8, 4) is 0 Å². The van der Waals surface area contributed by atoms with Crippen molar-refractivity contribution in [2.24, 2.45) is 0 Å². The van der Waals surface area contributed by atoms with Crippen LogP contribution in [0.5, 0.6) is 0 Å². The van der Waals surface area contributed by atoms with Crippen LogP contribution in [0.15, 0.2) is 0 Å². The van der Waals surface area contributed by atoms with Crippen LogP contribution in [0.2, 0.25) is 0 Å². The maximum Gasteiger partial charge on any atom is 0.438 e. The summed E-state index contributed by atoms with van der Waals surface area (Å²) in [4.78, 5) is 0. The summed E-state index contributed by atoms with van der Waals surface area (Å²) in [7, 11) is 3.23. The molecular weight excluding hydrogens is 167 g/mol. The van der Waals surface area contributed by atoms with Crippen LogP contribution in [0.3, 0.4) is 0 Å². The smallest absolute Gasteiger partial charge is 0.321 e. The Labute approximate surface area is 71.8 Å². The molecule has 0 aliphatic heterocycles. The zero-order chi connectivity index (χ0) is 9.83. The van der Waals surface area contributed by atoms with Gasteiger partial charge in [0.2, 0.25) is 0 Å². The highest BCUT2D eigenvalue weighted by atomic mass is 19.4. The fraction of sp³-hybridized carbons (Fsp3) is 1.00.